The third-order valence-electron chi connectivity index (χ3n) is 6.34. The fourth-order valence-corrected chi connectivity index (χ4v) is 4.07. The molecule has 0 aliphatic heterocycles. The number of pyridine rings is 1. The highest BCUT2D eigenvalue weighted by Crippen LogP contribution is 2.42. The lowest BCUT2D eigenvalue weighted by molar-refractivity contribution is -0.128. The standard InChI is InChI=1S/C23H21F3N8O/c1-23(6-3-7-23)22(35)30-17-18(27)31-20(32-19(17)28)16-12-8-11(24)9-29-21(12)34(33-16)10-13-14(25)4-2-5-15(13)26/h2,4-5,8-9H,3,6-7,10H2,1H3,(H,30,35)(H4,27,28,31,32). The summed E-state index contributed by atoms with van der Waals surface area (Å²) in [7, 11) is 0. The Labute approximate surface area is 197 Å². The predicted molar refractivity (Wildman–Crippen MR) is 123 cm³/mol. The van der Waals surface area contributed by atoms with Gasteiger partial charge in [-0.2, -0.15) is 5.10 Å². The van der Waals surface area contributed by atoms with E-state index in [9.17, 15) is 18.0 Å². The highest BCUT2D eigenvalue weighted by atomic mass is 19.1. The van der Waals surface area contributed by atoms with Crippen molar-refractivity contribution in [2.24, 2.45) is 5.41 Å². The molecule has 12 heteroatoms. The molecule has 3 aromatic heterocycles. The number of hydrogen-bond acceptors (Lipinski definition) is 7. The van der Waals surface area contributed by atoms with Crippen LogP contribution in [0.2, 0.25) is 0 Å². The number of nitrogens with zero attached hydrogens (tertiary/aromatic N) is 5. The molecule has 0 atom stereocenters. The van der Waals surface area contributed by atoms with Gasteiger partial charge in [-0.1, -0.05) is 19.4 Å². The summed E-state index contributed by atoms with van der Waals surface area (Å²) in [6.07, 6.45) is 3.43. The van der Waals surface area contributed by atoms with Gasteiger partial charge in [-0.3, -0.25) is 4.79 Å². The second-order valence-corrected chi connectivity index (χ2v) is 8.79. The number of rotatable bonds is 5. The van der Waals surface area contributed by atoms with Gasteiger partial charge in [0.1, 0.15) is 28.8 Å². The molecule has 0 bridgehead atoms. The van der Waals surface area contributed by atoms with E-state index in [1.165, 1.54) is 10.7 Å². The minimum Gasteiger partial charge on any atom is -0.382 e. The molecule has 9 nitrogen and oxygen atoms in total. The van der Waals surface area contributed by atoms with Gasteiger partial charge >= 0.3 is 0 Å². The number of halogens is 3. The van der Waals surface area contributed by atoms with E-state index < -0.39 is 22.9 Å². The van der Waals surface area contributed by atoms with Crippen LogP contribution in [0.4, 0.5) is 30.5 Å². The van der Waals surface area contributed by atoms with Crippen LogP contribution in [0.1, 0.15) is 31.7 Å². The molecule has 1 aliphatic rings. The molecule has 3 heterocycles. The maximum absolute atomic E-state index is 14.2. The molecule has 180 valence electrons. The molecule has 1 aromatic carbocycles. The number of nitrogen functional groups attached to an aromatic ring is 2. The third kappa shape index (κ3) is 3.90. The molecule has 0 unspecified atom stereocenters. The van der Waals surface area contributed by atoms with E-state index in [4.69, 9.17) is 11.5 Å². The predicted octanol–water partition coefficient (Wildman–Crippen LogP) is 3.65. The van der Waals surface area contributed by atoms with Gasteiger partial charge in [0, 0.05) is 11.0 Å². The van der Waals surface area contributed by atoms with Crippen molar-refractivity contribution in [2.45, 2.75) is 32.7 Å². The minimum atomic E-state index is -0.762. The van der Waals surface area contributed by atoms with E-state index in [2.05, 4.69) is 25.4 Å². The van der Waals surface area contributed by atoms with Gasteiger partial charge in [-0.05, 0) is 31.0 Å². The first-order chi connectivity index (χ1) is 16.7. The number of nitrogens with two attached hydrogens (primary N) is 2. The fraction of sp³-hybridized carbons (Fsp3) is 0.261. The zero-order chi connectivity index (χ0) is 24.9. The summed E-state index contributed by atoms with van der Waals surface area (Å²) >= 11 is 0. The molecule has 1 fully saturated rings. The number of nitrogens with one attached hydrogen (secondary N) is 1. The summed E-state index contributed by atoms with van der Waals surface area (Å²) in [5.74, 6) is -2.67. The highest BCUT2D eigenvalue weighted by Gasteiger charge is 2.39. The number of anilines is 3. The Morgan fingerprint density at radius 3 is 2.40 bits per heavy atom. The molecule has 0 saturated heterocycles. The Kier molecular flexibility index (Phi) is 5.30. The Morgan fingerprint density at radius 1 is 1.14 bits per heavy atom. The second kappa shape index (κ2) is 8.22. The molecule has 5 N–H and O–H groups in total. The topological polar surface area (TPSA) is 138 Å². The van der Waals surface area contributed by atoms with Gasteiger partial charge in [0.15, 0.2) is 23.1 Å². The fourth-order valence-electron chi connectivity index (χ4n) is 4.07. The molecular weight excluding hydrogens is 461 g/mol. The first-order valence-corrected chi connectivity index (χ1v) is 10.9. The van der Waals surface area contributed by atoms with E-state index in [1.807, 2.05) is 6.92 Å². The van der Waals surface area contributed by atoms with Crippen molar-refractivity contribution in [3.8, 4) is 11.5 Å². The number of fused-ring (bicyclic) bond motifs is 1. The van der Waals surface area contributed by atoms with Crippen molar-refractivity contribution in [1.29, 1.82) is 0 Å². The lowest BCUT2D eigenvalue weighted by atomic mass is 9.70. The lowest BCUT2D eigenvalue weighted by Crippen LogP contribution is -2.39. The normalized spacial score (nSPS) is 14.6. The average Bonchev–Trinajstić information content (AvgIpc) is 3.14. The molecular formula is C23H21F3N8O. The molecule has 35 heavy (non-hydrogen) atoms. The van der Waals surface area contributed by atoms with Crippen LogP contribution in [0.15, 0.2) is 30.5 Å². The molecule has 1 saturated carbocycles. The zero-order valence-corrected chi connectivity index (χ0v) is 18.6. The molecule has 4 aromatic rings. The number of aromatic nitrogens is 5. The lowest BCUT2D eigenvalue weighted by Gasteiger charge is -2.36. The van der Waals surface area contributed by atoms with E-state index >= 15 is 0 Å². The second-order valence-electron chi connectivity index (χ2n) is 8.79. The van der Waals surface area contributed by atoms with Crippen LogP contribution in [-0.4, -0.2) is 30.6 Å². The number of carbonyl (C=O) groups is 1. The Bertz CT molecular complexity index is 1440. The molecule has 1 amide bonds. The van der Waals surface area contributed by atoms with Gasteiger partial charge in [-0.15, -0.1) is 0 Å². The van der Waals surface area contributed by atoms with Crippen LogP contribution in [0.5, 0.6) is 0 Å². The summed E-state index contributed by atoms with van der Waals surface area (Å²) in [4.78, 5) is 25.1. The van der Waals surface area contributed by atoms with Crippen molar-refractivity contribution in [2.75, 3.05) is 16.8 Å². The summed E-state index contributed by atoms with van der Waals surface area (Å²) in [5, 5.41) is 7.24. The average molecular weight is 482 g/mol. The van der Waals surface area contributed by atoms with Crippen LogP contribution < -0.4 is 16.8 Å². The van der Waals surface area contributed by atoms with Crippen LogP contribution in [-0.2, 0) is 11.3 Å². The molecule has 5 rings (SSSR count). The van der Waals surface area contributed by atoms with Gasteiger partial charge in [0.2, 0.25) is 5.91 Å². The quantitative estimate of drug-likeness (QED) is 0.395. The molecule has 0 radical (unpaired) electrons. The van der Waals surface area contributed by atoms with E-state index in [0.29, 0.717) is 0 Å². The van der Waals surface area contributed by atoms with E-state index in [1.54, 1.807) is 0 Å². The highest BCUT2D eigenvalue weighted by molar-refractivity contribution is 6.00. The van der Waals surface area contributed by atoms with Gasteiger partial charge in [-0.25, -0.2) is 32.8 Å². The first kappa shape index (κ1) is 22.6. The summed E-state index contributed by atoms with van der Waals surface area (Å²) in [6.45, 7) is 1.54. The van der Waals surface area contributed by atoms with Crippen molar-refractivity contribution in [3.63, 3.8) is 0 Å². The number of carbonyl (C=O) groups excluding carboxylic acids is 1. The van der Waals surface area contributed by atoms with Crippen molar-refractivity contribution >= 4 is 34.3 Å². The Hall–Kier alpha value is -4.22. The van der Waals surface area contributed by atoms with Crippen molar-refractivity contribution < 1.29 is 18.0 Å². The summed E-state index contributed by atoms with van der Waals surface area (Å²) in [5.41, 5.74) is 11.7. The zero-order valence-electron chi connectivity index (χ0n) is 18.6. The molecule has 1 aliphatic carbocycles. The van der Waals surface area contributed by atoms with Crippen molar-refractivity contribution in [1.82, 2.24) is 24.7 Å². The number of amides is 1. The van der Waals surface area contributed by atoms with Crippen molar-refractivity contribution in [3.05, 3.63) is 53.5 Å². The van der Waals surface area contributed by atoms with E-state index in [-0.39, 0.29) is 57.9 Å². The van der Waals surface area contributed by atoms with Crippen LogP contribution in [0, 0.1) is 22.9 Å². The maximum atomic E-state index is 14.2. The van der Waals surface area contributed by atoms with Crippen LogP contribution in [0.3, 0.4) is 0 Å². The maximum Gasteiger partial charge on any atom is 0.230 e. The SMILES string of the molecule is CC1(C(=O)Nc2c(N)nc(-c3nn(Cc4c(F)cccc4F)c4ncc(F)cc34)nc2N)CCC1. The van der Waals surface area contributed by atoms with Crippen LogP contribution >= 0.6 is 0 Å². The van der Waals surface area contributed by atoms with Gasteiger partial charge in [0.05, 0.1) is 18.1 Å². The largest absolute Gasteiger partial charge is 0.382 e. The van der Waals surface area contributed by atoms with Gasteiger partial charge in [0.25, 0.3) is 0 Å². The van der Waals surface area contributed by atoms with Crippen LogP contribution in [0.25, 0.3) is 22.6 Å². The Morgan fingerprint density at radius 2 is 1.80 bits per heavy atom. The number of benzene rings is 1. The van der Waals surface area contributed by atoms with E-state index in [0.717, 1.165) is 43.7 Å². The minimum absolute atomic E-state index is 0.0574. The smallest absolute Gasteiger partial charge is 0.230 e. The summed E-state index contributed by atoms with van der Waals surface area (Å²) < 4.78 is 43.8. The first-order valence-electron chi connectivity index (χ1n) is 10.9. The van der Waals surface area contributed by atoms with Gasteiger partial charge < -0.3 is 16.8 Å². The Balaban J connectivity index is 1.57. The monoisotopic (exact) mass is 482 g/mol. The summed E-state index contributed by atoms with van der Waals surface area (Å²) in [6, 6.07) is 4.65. The number of hydrogen-bond donors (Lipinski definition) is 3. The third-order valence-corrected chi connectivity index (χ3v) is 6.34. The molecule has 0 spiro atoms.